The summed E-state index contributed by atoms with van der Waals surface area (Å²) in [5, 5.41) is 3.04. The first-order valence-electron chi connectivity index (χ1n) is 10.2. The topological polar surface area (TPSA) is 67.9 Å². The van der Waals surface area contributed by atoms with Gasteiger partial charge in [-0.1, -0.05) is 39.3 Å². The van der Waals surface area contributed by atoms with E-state index in [0.717, 1.165) is 18.4 Å². The zero-order valence-electron chi connectivity index (χ0n) is 17.8. The first kappa shape index (κ1) is 22.1. The zero-order chi connectivity index (χ0) is 20.7. The number of benzene rings is 1. The predicted octanol–water partition coefficient (Wildman–Crippen LogP) is 3.21. The number of carbonyl (C=O) groups excluding carboxylic acids is 2. The minimum Gasteiger partial charge on any atom is -0.493 e. The SMILES string of the molecule is CCCCNC(=O)C1CN(C(=O)CC(C)C)CC1c1cccc(OC)c1OC. The number of para-hydroxylation sites is 1. The van der Waals surface area contributed by atoms with Crippen LogP contribution in [0.1, 0.15) is 51.5 Å². The molecular formula is C22H34N2O4. The maximum atomic E-state index is 12.9. The van der Waals surface area contributed by atoms with Crippen LogP contribution in [0.5, 0.6) is 11.5 Å². The van der Waals surface area contributed by atoms with Crippen molar-refractivity contribution in [2.45, 2.75) is 46.0 Å². The van der Waals surface area contributed by atoms with Gasteiger partial charge in [-0.3, -0.25) is 9.59 Å². The fourth-order valence-electron chi connectivity index (χ4n) is 3.79. The Morgan fingerprint density at radius 2 is 1.96 bits per heavy atom. The zero-order valence-corrected chi connectivity index (χ0v) is 17.8. The highest BCUT2D eigenvalue weighted by Gasteiger charge is 2.41. The minimum absolute atomic E-state index is 0.00294. The Labute approximate surface area is 168 Å². The maximum absolute atomic E-state index is 12.9. The van der Waals surface area contributed by atoms with Crippen molar-refractivity contribution in [3.8, 4) is 11.5 Å². The van der Waals surface area contributed by atoms with Crippen LogP contribution in [0.4, 0.5) is 0 Å². The molecule has 2 atom stereocenters. The second kappa shape index (κ2) is 10.3. The number of carbonyl (C=O) groups is 2. The van der Waals surface area contributed by atoms with Crippen LogP contribution in [0.25, 0.3) is 0 Å². The summed E-state index contributed by atoms with van der Waals surface area (Å²) in [4.78, 5) is 27.4. The number of rotatable bonds is 9. The van der Waals surface area contributed by atoms with Crippen molar-refractivity contribution in [1.29, 1.82) is 0 Å². The van der Waals surface area contributed by atoms with Crippen molar-refractivity contribution in [1.82, 2.24) is 10.2 Å². The van der Waals surface area contributed by atoms with Gasteiger partial charge >= 0.3 is 0 Å². The molecule has 156 valence electrons. The van der Waals surface area contributed by atoms with Gasteiger partial charge in [0.1, 0.15) is 0 Å². The molecule has 0 bridgehead atoms. The fraction of sp³-hybridized carbons (Fsp3) is 0.636. The summed E-state index contributed by atoms with van der Waals surface area (Å²) < 4.78 is 11.0. The number of ether oxygens (including phenoxy) is 2. The number of nitrogens with zero attached hydrogens (tertiary/aromatic N) is 1. The van der Waals surface area contributed by atoms with Gasteiger partial charge in [-0.2, -0.15) is 0 Å². The lowest BCUT2D eigenvalue weighted by Crippen LogP contribution is -2.36. The largest absolute Gasteiger partial charge is 0.493 e. The van der Waals surface area contributed by atoms with Crippen LogP contribution in [-0.4, -0.2) is 50.6 Å². The molecule has 1 saturated heterocycles. The van der Waals surface area contributed by atoms with Crippen molar-refractivity contribution in [3.63, 3.8) is 0 Å². The number of hydrogen-bond acceptors (Lipinski definition) is 4. The Morgan fingerprint density at radius 1 is 1.21 bits per heavy atom. The van der Waals surface area contributed by atoms with Crippen molar-refractivity contribution in [2.24, 2.45) is 11.8 Å². The van der Waals surface area contributed by atoms with Crippen LogP contribution in [0, 0.1) is 11.8 Å². The Hall–Kier alpha value is -2.24. The van der Waals surface area contributed by atoms with E-state index in [-0.39, 0.29) is 29.6 Å². The van der Waals surface area contributed by atoms with Crippen molar-refractivity contribution in [2.75, 3.05) is 33.9 Å². The summed E-state index contributed by atoms with van der Waals surface area (Å²) in [5.41, 5.74) is 0.914. The normalized spacial score (nSPS) is 19.0. The van der Waals surface area contributed by atoms with E-state index in [9.17, 15) is 9.59 Å². The van der Waals surface area contributed by atoms with Gasteiger partial charge in [0.05, 0.1) is 20.1 Å². The molecular weight excluding hydrogens is 356 g/mol. The minimum atomic E-state index is -0.297. The van der Waals surface area contributed by atoms with Gasteiger partial charge in [-0.15, -0.1) is 0 Å². The van der Waals surface area contributed by atoms with Gasteiger partial charge in [0, 0.05) is 37.5 Å². The summed E-state index contributed by atoms with van der Waals surface area (Å²) in [5.74, 6) is 1.25. The first-order valence-corrected chi connectivity index (χ1v) is 10.2. The molecule has 28 heavy (non-hydrogen) atoms. The lowest BCUT2D eigenvalue weighted by molar-refractivity contribution is -0.131. The van der Waals surface area contributed by atoms with Gasteiger partial charge in [0.25, 0.3) is 0 Å². The summed E-state index contributed by atoms with van der Waals surface area (Å²) in [6.07, 6.45) is 2.46. The van der Waals surface area contributed by atoms with E-state index in [1.165, 1.54) is 0 Å². The average molecular weight is 391 g/mol. The molecule has 0 radical (unpaired) electrons. The van der Waals surface area contributed by atoms with Gasteiger partial charge < -0.3 is 19.7 Å². The number of unbranched alkanes of at least 4 members (excludes halogenated alkanes) is 1. The highest BCUT2D eigenvalue weighted by Crippen LogP contribution is 2.42. The molecule has 6 nitrogen and oxygen atoms in total. The van der Waals surface area contributed by atoms with Crippen LogP contribution in [0.15, 0.2) is 18.2 Å². The van der Waals surface area contributed by atoms with Gasteiger partial charge in [0.2, 0.25) is 11.8 Å². The summed E-state index contributed by atoms with van der Waals surface area (Å²) in [6.45, 7) is 7.78. The Kier molecular flexibility index (Phi) is 8.15. The molecule has 1 aromatic rings. The fourth-order valence-corrected chi connectivity index (χ4v) is 3.79. The standard InChI is InChI=1S/C22H34N2O4/c1-6-7-11-23-22(26)18-14-24(20(25)12-15(2)3)13-17(18)16-9-8-10-19(27-4)21(16)28-5/h8-10,15,17-18H,6-7,11-14H2,1-5H3,(H,23,26). The molecule has 1 heterocycles. The van der Waals surface area contributed by atoms with Crippen molar-refractivity contribution >= 4 is 11.8 Å². The van der Waals surface area contributed by atoms with Crippen molar-refractivity contribution < 1.29 is 19.1 Å². The second-order valence-electron chi connectivity index (χ2n) is 7.84. The molecule has 0 aliphatic carbocycles. The molecule has 2 amide bonds. The average Bonchev–Trinajstić information content (AvgIpc) is 3.12. The second-order valence-corrected chi connectivity index (χ2v) is 7.84. The molecule has 1 aliphatic rings. The van der Waals surface area contributed by atoms with Crippen LogP contribution in [0.3, 0.4) is 0 Å². The van der Waals surface area contributed by atoms with Crippen LogP contribution >= 0.6 is 0 Å². The molecule has 1 N–H and O–H groups in total. The number of nitrogens with one attached hydrogen (secondary N) is 1. The molecule has 0 saturated carbocycles. The highest BCUT2D eigenvalue weighted by atomic mass is 16.5. The van der Waals surface area contributed by atoms with E-state index in [1.54, 1.807) is 14.2 Å². The Bertz CT molecular complexity index is 675. The lowest BCUT2D eigenvalue weighted by atomic mass is 9.87. The predicted molar refractivity (Wildman–Crippen MR) is 110 cm³/mol. The lowest BCUT2D eigenvalue weighted by Gasteiger charge is -2.21. The van der Waals surface area contributed by atoms with E-state index in [0.29, 0.717) is 37.6 Å². The smallest absolute Gasteiger partial charge is 0.225 e. The van der Waals surface area contributed by atoms with Gasteiger partial charge in [0.15, 0.2) is 11.5 Å². The van der Waals surface area contributed by atoms with Crippen LogP contribution in [-0.2, 0) is 9.59 Å². The highest BCUT2D eigenvalue weighted by molar-refractivity contribution is 5.83. The third-order valence-electron chi connectivity index (χ3n) is 5.25. The number of hydrogen-bond donors (Lipinski definition) is 1. The molecule has 2 unspecified atom stereocenters. The summed E-state index contributed by atoms with van der Waals surface area (Å²) >= 11 is 0. The number of likely N-dealkylation sites (tertiary alicyclic amines) is 1. The third-order valence-corrected chi connectivity index (χ3v) is 5.25. The molecule has 1 aliphatic heterocycles. The molecule has 2 rings (SSSR count). The Balaban J connectivity index is 2.31. The first-order chi connectivity index (χ1) is 13.4. The maximum Gasteiger partial charge on any atom is 0.225 e. The van der Waals surface area contributed by atoms with Crippen LogP contribution in [0.2, 0.25) is 0 Å². The molecule has 1 aromatic carbocycles. The Morgan fingerprint density at radius 3 is 2.57 bits per heavy atom. The molecule has 6 heteroatoms. The summed E-state index contributed by atoms with van der Waals surface area (Å²) in [7, 11) is 3.21. The van der Waals surface area contributed by atoms with E-state index in [2.05, 4.69) is 12.2 Å². The van der Waals surface area contributed by atoms with E-state index in [1.807, 2.05) is 36.9 Å². The van der Waals surface area contributed by atoms with E-state index >= 15 is 0 Å². The van der Waals surface area contributed by atoms with Gasteiger partial charge in [-0.05, 0) is 18.4 Å². The van der Waals surface area contributed by atoms with E-state index < -0.39 is 0 Å². The summed E-state index contributed by atoms with van der Waals surface area (Å²) in [6, 6.07) is 5.71. The van der Waals surface area contributed by atoms with Crippen LogP contribution < -0.4 is 14.8 Å². The monoisotopic (exact) mass is 390 g/mol. The molecule has 0 aromatic heterocycles. The quantitative estimate of drug-likeness (QED) is 0.658. The van der Waals surface area contributed by atoms with Crippen molar-refractivity contribution in [3.05, 3.63) is 23.8 Å². The third kappa shape index (κ3) is 5.18. The van der Waals surface area contributed by atoms with Gasteiger partial charge in [-0.25, -0.2) is 0 Å². The number of amides is 2. The number of methoxy groups -OCH3 is 2. The van der Waals surface area contributed by atoms with E-state index in [4.69, 9.17) is 9.47 Å². The molecule has 0 spiro atoms. The molecule has 1 fully saturated rings.